The van der Waals surface area contributed by atoms with Crippen LogP contribution in [0.25, 0.3) is 0 Å². The largest absolute Gasteiger partial charge is 0.398 e. The predicted octanol–water partition coefficient (Wildman–Crippen LogP) is 1.73. The lowest BCUT2D eigenvalue weighted by Gasteiger charge is -2.17. The van der Waals surface area contributed by atoms with Crippen molar-refractivity contribution in [2.45, 2.75) is 6.04 Å². The van der Waals surface area contributed by atoms with E-state index in [1.165, 1.54) is 0 Å². The highest BCUT2D eigenvalue weighted by atomic mass is 16.3. The Labute approximate surface area is 111 Å². The van der Waals surface area contributed by atoms with Crippen molar-refractivity contribution in [3.8, 4) is 0 Å². The quantitative estimate of drug-likeness (QED) is 0.729. The molecule has 4 nitrogen and oxygen atoms in total. The third kappa shape index (κ3) is 3.11. The van der Waals surface area contributed by atoms with Gasteiger partial charge in [0, 0.05) is 5.69 Å². The van der Waals surface area contributed by atoms with Crippen LogP contribution >= 0.6 is 0 Å². The molecule has 2 aromatic rings. The molecule has 0 spiro atoms. The highest BCUT2D eigenvalue weighted by molar-refractivity contribution is 5.99. The number of hydrogen-bond donors (Lipinski definition) is 3. The Balaban J connectivity index is 2.16. The Morgan fingerprint density at radius 3 is 2.37 bits per heavy atom. The summed E-state index contributed by atoms with van der Waals surface area (Å²) in [5, 5.41) is 12.2. The van der Waals surface area contributed by atoms with Crippen LogP contribution in [-0.4, -0.2) is 17.6 Å². The van der Waals surface area contributed by atoms with Crippen molar-refractivity contribution in [1.82, 2.24) is 5.32 Å². The van der Waals surface area contributed by atoms with Gasteiger partial charge in [-0.05, 0) is 17.7 Å². The fraction of sp³-hybridized carbons (Fsp3) is 0.133. The molecule has 1 atom stereocenters. The number of carbonyl (C=O) groups excluding carboxylic acids is 1. The number of benzene rings is 2. The summed E-state index contributed by atoms with van der Waals surface area (Å²) >= 11 is 0. The smallest absolute Gasteiger partial charge is 0.253 e. The Morgan fingerprint density at radius 1 is 1.11 bits per heavy atom. The third-order valence-electron chi connectivity index (χ3n) is 2.90. The summed E-state index contributed by atoms with van der Waals surface area (Å²) in [6, 6.07) is 15.7. The van der Waals surface area contributed by atoms with E-state index >= 15 is 0 Å². The second-order valence-corrected chi connectivity index (χ2v) is 4.21. The van der Waals surface area contributed by atoms with Gasteiger partial charge < -0.3 is 16.2 Å². The van der Waals surface area contributed by atoms with E-state index in [2.05, 4.69) is 5.32 Å². The number of carbonyl (C=O) groups is 1. The van der Waals surface area contributed by atoms with E-state index < -0.39 is 6.04 Å². The van der Waals surface area contributed by atoms with Crippen LogP contribution in [0.2, 0.25) is 0 Å². The lowest BCUT2D eigenvalue weighted by molar-refractivity contribution is 0.0917. The van der Waals surface area contributed by atoms with Gasteiger partial charge in [-0.2, -0.15) is 0 Å². The molecule has 0 aliphatic rings. The summed E-state index contributed by atoms with van der Waals surface area (Å²) in [7, 11) is 0. The molecule has 0 aliphatic heterocycles. The highest BCUT2D eigenvalue weighted by Crippen LogP contribution is 2.15. The Bertz CT molecular complexity index is 555. The number of anilines is 1. The molecule has 19 heavy (non-hydrogen) atoms. The maximum absolute atomic E-state index is 12.1. The minimum Gasteiger partial charge on any atom is -0.398 e. The first-order chi connectivity index (χ1) is 9.22. The van der Waals surface area contributed by atoms with Crippen molar-refractivity contribution in [3.05, 3.63) is 65.7 Å². The molecule has 2 rings (SSSR count). The van der Waals surface area contributed by atoms with Gasteiger partial charge in [0.05, 0.1) is 18.2 Å². The Hall–Kier alpha value is -2.33. The lowest BCUT2D eigenvalue weighted by Crippen LogP contribution is -2.31. The minimum atomic E-state index is -0.437. The maximum Gasteiger partial charge on any atom is 0.253 e. The van der Waals surface area contributed by atoms with Gasteiger partial charge in [0.25, 0.3) is 5.91 Å². The summed E-state index contributed by atoms with van der Waals surface area (Å²) in [5.74, 6) is -0.291. The number of aliphatic hydroxyl groups is 1. The second kappa shape index (κ2) is 6.02. The van der Waals surface area contributed by atoms with Crippen LogP contribution in [0.3, 0.4) is 0 Å². The molecule has 98 valence electrons. The topological polar surface area (TPSA) is 75.4 Å². The molecule has 4 heteroatoms. The zero-order chi connectivity index (χ0) is 13.7. The van der Waals surface area contributed by atoms with Crippen LogP contribution in [0.15, 0.2) is 54.6 Å². The van der Waals surface area contributed by atoms with Crippen molar-refractivity contribution in [2.24, 2.45) is 0 Å². The van der Waals surface area contributed by atoms with Crippen LogP contribution in [0.5, 0.6) is 0 Å². The van der Waals surface area contributed by atoms with E-state index in [1.807, 2.05) is 30.3 Å². The molecule has 0 aromatic heterocycles. The number of nitrogen functional groups attached to an aromatic ring is 1. The van der Waals surface area contributed by atoms with Crippen molar-refractivity contribution in [1.29, 1.82) is 0 Å². The van der Waals surface area contributed by atoms with Crippen LogP contribution in [-0.2, 0) is 0 Å². The highest BCUT2D eigenvalue weighted by Gasteiger charge is 2.15. The SMILES string of the molecule is Nc1ccccc1C(=O)NC(CO)c1ccccc1. The molecule has 1 amide bonds. The van der Waals surface area contributed by atoms with E-state index in [4.69, 9.17) is 5.73 Å². The molecular formula is C15H16N2O2. The van der Waals surface area contributed by atoms with Gasteiger partial charge in [0.2, 0.25) is 0 Å². The summed E-state index contributed by atoms with van der Waals surface area (Å²) in [5.41, 5.74) is 7.44. The number of rotatable bonds is 4. The predicted molar refractivity (Wildman–Crippen MR) is 74.6 cm³/mol. The van der Waals surface area contributed by atoms with Crippen molar-refractivity contribution in [3.63, 3.8) is 0 Å². The first-order valence-electron chi connectivity index (χ1n) is 6.03. The molecule has 2 aromatic carbocycles. The normalized spacial score (nSPS) is 11.8. The van der Waals surface area contributed by atoms with Gasteiger partial charge in [-0.15, -0.1) is 0 Å². The molecule has 4 N–H and O–H groups in total. The number of nitrogens with two attached hydrogens (primary N) is 1. The average molecular weight is 256 g/mol. The number of nitrogens with one attached hydrogen (secondary N) is 1. The van der Waals surface area contributed by atoms with E-state index in [0.717, 1.165) is 5.56 Å². The fourth-order valence-corrected chi connectivity index (χ4v) is 1.86. The van der Waals surface area contributed by atoms with E-state index in [9.17, 15) is 9.90 Å². The van der Waals surface area contributed by atoms with Crippen LogP contribution in [0, 0.1) is 0 Å². The van der Waals surface area contributed by atoms with Crippen molar-refractivity contribution >= 4 is 11.6 Å². The molecule has 0 bridgehead atoms. The van der Waals surface area contributed by atoms with Crippen molar-refractivity contribution in [2.75, 3.05) is 12.3 Å². The van der Waals surface area contributed by atoms with Crippen LogP contribution in [0.4, 0.5) is 5.69 Å². The molecular weight excluding hydrogens is 240 g/mol. The van der Waals surface area contributed by atoms with Gasteiger partial charge >= 0.3 is 0 Å². The summed E-state index contributed by atoms with van der Waals surface area (Å²) in [6.45, 7) is -0.164. The number of hydrogen-bond acceptors (Lipinski definition) is 3. The van der Waals surface area contributed by atoms with E-state index in [0.29, 0.717) is 11.3 Å². The van der Waals surface area contributed by atoms with Gasteiger partial charge in [0.15, 0.2) is 0 Å². The standard InChI is InChI=1S/C15H16N2O2/c16-13-9-5-4-8-12(13)15(19)17-14(10-18)11-6-2-1-3-7-11/h1-9,14,18H,10,16H2,(H,17,19). The van der Waals surface area contributed by atoms with E-state index in [1.54, 1.807) is 24.3 Å². The lowest BCUT2D eigenvalue weighted by atomic mass is 10.1. The summed E-state index contributed by atoms with van der Waals surface area (Å²) in [6.07, 6.45) is 0. The molecule has 0 saturated carbocycles. The van der Waals surface area contributed by atoms with Gasteiger partial charge in [-0.1, -0.05) is 42.5 Å². The molecule has 0 radical (unpaired) electrons. The fourth-order valence-electron chi connectivity index (χ4n) is 1.86. The van der Waals surface area contributed by atoms with Gasteiger partial charge in [0.1, 0.15) is 0 Å². The number of para-hydroxylation sites is 1. The molecule has 0 aliphatic carbocycles. The first-order valence-corrected chi connectivity index (χ1v) is 6.03. The number of amides is 1. The minimum absolute atomic E-state index is 0.164. The van der Waals surface area contributed by atoms with Crippen LogP contribution < -0.4 is 11.1 Å². The summed E-state index contributed by atoms with van der Waals surface area (Å²) < 4.78 is 0. The molecule has 0 saturated heterocycles. The zero-order valence-corrected chi connectivity index (χ0v) is 10.4. The maximum atomic E-state index is 12.1. The average Bonchev–Trinajstić information content (AvgIpc) is 2.46. The molecule has 0 heterocycles. The second-order valence-electron chi connectivity index (χ2n) is 4.21. The monoisotopic (exact) mass is 256 g/mol. The van der Waals surface area contributed by atoms with Gasteiger partial charge in [-0.3, -0.25) is 4.79 Å². The Kier molecular flexibility index (Phi) is 4.15. The van der Waals surface area contributed by atoms with E-state index in [-0.39, 0.29) is 12.5 Å². The van der Waals surface area contributed by atoms with Crippen LogP contribution in [0.1, 0.15) is 22.0 Å². The summed E-state index contributed by atoms with van der Waals surface area (Å²) in [4.78, 5) is 12.1. The Morgan fingerprint density at radius 2 is 1.74 bits per heavy atom. The third-order valence-corrected chi connectivity index (χ3v) is 2.90. The first kappa shape index (κ1) is 13.1. The molecule has 0 fully saturated rings. The van der Waals surface area contributed by atoms with Crippen molar-refractivity contribution < 1.29 is 9.90 Å². The zero-order valence-electron chi connectivity index (χ0n) is 10.4. The van der Waals surface area contributed by atoms with Gasteiger partial charge in [-0.25, -0.2) is 0 Å². The molecule has 1 unspecified atom stereocenters. The number of aliphatic hydroxyl groups excluding tert-OH is 1.